The molecule has 0 bridgehead atoms. The molecule has 0 saturated carbocycles. The van der Waals surface area contributed by atoms with Gasteiger partial charge in [-0.3, -0.25) is 0 Å². The number of likely N-dealkylation sites (N-methyl/N-ethyl adjacent to an activating group) is 1. The molecule has 0 aliphatic heterocycles. The molecule has 1 atom stereocenters. The summed E-state index contributed by atoms with van der Waals surface area (Å²) >= 11 is 0. The predicted octanol–water partition coefficient (Wildman–Crippen LogP) is 1.35. The third-order valence-corrected chi connectivity index (χ3v) is 2.11. The molecule has 1 aromatic carbocycles. The number of benzene rings is 1. The first kappa shape index (κ1) is 10.2. The average molecular weight is 182 g/mol. The molecular weight excluding hydrogens is 167 g/mol. The molecule has 1 rings (SSSR count). The largest absolute Gasteiger partial charge is 0.329 e. The van der Waals surface area contributed by atoms with Crippen LogP contribution in [0.4, 0.5) is 4.39 Å². The average Bonchev–Trinajstić information content (AvgIpc) is 2.13. The normalized spacial score (nSPS) is 12.9. The molecule has 3 N–H and O–H groups in total. The van der Waals surface area contributed by atoms with E-state index < -0.39 is 0 Å². The first-order valence-corrected chi connectivity index (χ1v) is 4.32. The van der Waals surface area contributed by atoms with Gasteiger partial charge in [-0.25, -0.2) is 4.39 Å². The number of halogens is 1. The Balaban J connectivity index is 3.03. The monoisotopic (exact) mass is 182 g/mol. The Bertz CT molecular complexity index is 282. The number of nitrogens with two attached hydrogens (primary N) is 1. The molecule has 2 nitrogen and oxygen atoms in total. The van der Waals surface area contributed by atoms with Gasteiger partial charge in [-0.2, -0.15) is 0 Å². The predicted molar refractivity (Wildman–Crippen MR) is 52.0 cm³/mol. The Hall–Kier alpha value is -0.930. The van der Waals surface area contributed by atoms with Gasteiger partial charge in [0, 0.05) is 18.2 Å². The maximum atomic E-state index is 13.3. The van der Waals surface area contributed by atoms with Crippen molar-refractivity contribution < 1.29 is 4.39 Å². The van der Waals surface area contributed by atoms with Gasteiger partial charge in [0.1, 0.15) is 5.82 Å². The number of rotatable bonds is 3. The van der Waals surface area contributed by atoms with E-state index in [2.05, 4.69) is 5.32 Å². The highest BCUT2D eigenvalue weighted by molar-refractivity contribution is 5.27. The molecule has 0 radical (unpaired) electrons. The second-order valence-electron chi connectivity index (χ2n) is 3.10. The third kappa shape index (κ3) is 2.26. The minimum atomic E-state index is -0.199. The molecule has 0 fully saturated rings. The zero-order valence-corrected chi connectivity index (χ0v) is 7.97. The lowest BCUT2D eigenvalue weighted by Crippen LogP contribution is -2.25. The van der Waals surface area contributed by atoms with Crippen molar-refractivity contribution in [2.45, 2.75) is 13.0 Å². The summed E-state index contributed by atoms with van der Waals surface area (Å²) < 4.78 is 13.3. The molecule has 0 saturated heterocycles. The molecule has 0 aliphatic carbocycles. The Morgan fingerprint density at radius 2 is 2.23 bits per heavy atom. The van der Waals surface area contributed by atoms with Gasteiger partial charge < -0.3 is 11.1 Å². The summed E-state index contributed by atoms with van der Waals surface area (Å²) in [4.78, 5) is 0. The Labute approximate surface area is 77.9 Å². The molecule has 1 aromatic rings. The van der Waals surface area contributed by atoms with Gasteiger partial charge in [0.25, 0.3) is 0 Å². The summed E-state index contributed by atoms with van der Waals surface area (Å²) in [6.45, 7) is 2.34. The van der Waals surface area contributed by atoms with E-state index in [4.69, 9.17) is 5.73 Å². The van der Waals surface area contributed by atoms with E-state index in [1.165, 1.54) is 6.07 Å². The Kier molecular flexibility index (Phi) is 3.39. The highest BCUT2D eigenvalue weighted by Gasteiger charge is 2.11. The van der Waals surface area contributed by atoms with Crippen molar-refractivity contribution in [2.75, 3.05) is 13.6 Å². The van der Waals surface area contributed by atoms with Gasteiger partial charge >= 0.3 is 0 Å². The quantitative estimate of drug-likeness (QED) is 0.740. The number of hydrogen-bond donors (Lipinski definition) is 2. The highest BCUT2D eigenvalue weighted by atomic mass is 19.1. The zero-order valence-electron chi connectivity index (χ0n) is 7.97. The number of hydrogen-bond acceptors (Lipinski definition) is 2. The minimum absolute atomic E-state index is 0.0973. The minimum Gasteiger partial charge on any atom is -0.329 e. The van der Waals surface area contributed by atoms with E-state index in [-0.39, 0.29) is 11.9 Å². The molecule has 0 spiro atoms. The molecule has 0 aromatic heterocycles. The summed E-state index contributed by atoms with van der Waals surface area (Å²) in [5.41, 5.74) is 7.20. The Morgan fingerprint density at radius 3 is 2.77 bits per heavy atom. The van der Waals surface area contributed by atoms with Gasteiger partial charge in [0.2, 0.25) is 0 Å². The van der Waals surface area contributed by atoms with Crippen LogP contribution in [0.15, 0.2) is 18.2 Å². The number of aryl methyl sites for hydroxylation is 1. The standard InChI is InChI=1S/C10H15FN2/c1-7-3-4-9(11)8(5-7)10(6-12)13-2/h3-5,10,13H,6,12H2,1-2H3. The molecule has 0 aliphatic rings. The van der Waals surface area contributed by atoms with Crippen molar-refractivity contribution in [3.8, 4) is 0 Å². The van der Waals surface area contributed by atoms with Crippen LogP contribution in [0.5, 0.6) is 0 Å². The second kappa shape index (κ2) is 4.35. The maximum Gasteiger partial charge on any atom is 0.128 e. The maximum absolute atomic E-state index is 13.3. The summed E-state index contributed by atoms with van der Waals surface area (Å²) in [5.74, 6) is -0.199. The van der Waals surface area contributed by atoms with Crippen molar-refractivity contribution in [3.63, 3.8) is 0 Å². The smallest absolute Gasteiger partial charge is 0.128 e. The third-order valence-electron chi connectivity index (χ3n) is 2.11. The molecule has 72 valence electrons. The topological polar surface area (TPSA) is 38.0 Å². The van der Waals surface area contributed by atoms with Crippen molar-refractivity contribution in [3.05, 3.63) is 35.1 Å². The van der Waals surface area contributed by atoms with Crippen LogP contribution in [0, 0.1) is 12.7 Å². The van der Waals surface area contributed by atoms with Crippen LogP contribution in [0.2, 0.25) is 0 Å². The SMILES string of the molecule is CNC(CN)c1cc(C)ccc1F. The zero-order chi connectivity index (χ0) is 9.84. The Morgan fingerprint density at radius 1 is 1.54 bits per heavy atom. The van der Waals surface area contributed by atoms with Crippen LogP contribution in [-0.4, -0.2) is 13.6 Å². The summed E-state index contributed by atoms with van der Waals surface area (Å²) in [6.07, 6.45) is 0. The van der Waals surface area contributed by atoms with E-state index in [1.54, 1.807) is 13.1 Å². The lowest BCUT2D eigenvalue weighted by molar-refractivity contribution is 0.541. The van der Waals surface area contributed by atoms with Crippen molar-refractivity contribution in [2.24, 2.45) is 5.73 Å². The van der Waals surface area contributed by atoms with E-state index >= 15 is 0 Å². The van der Waals surface area contributed by atoms with Crippen molar-refractivity contribution in [1.82, 2.24) is 5.32 Å². The molecular formula is C10H15FN2. The van der Waals surface area contributed by atoms with E-state index in [9.17, 15) is 4.39 Å². The molecule has 0 heterocycles. The summed E-state index contributed by atoms with van der Waals surface area (Å²) in [6, 6.07) is 4.95. The first-order chi connectivity index (χ1) is 6.19. The summed E-state index contributed by atoms with van der Waals surface area (Å²) in [5, 5.41) is 2.97. The van der Waals surface area contributed by atoms with Crippen LogP contribution in [0.3, 0.4) is 0 Å². The second-order valence-corrected chi connectivity index (χ2v) is 3.10. The molecule has 3 heteroatoms. The summed E-state index contributed by atoms with van der Waals surface area (Å²) in [7, 11) is 1.78. The van der Waals surface area contributed by atoms with E-state index in [1.807, 2.05) is 13.0 Å². The van der Waals surface area contributed by atoms with Gasteiger partial charge in [-0.05, 0) is 20.0 Å². The van der Waals surface area contributed by atoms with Crippen LogP contribution < -0.4 is 11.1 Å². The fourth-order valence-corrected chi connectivity index (χ4v) is 1.33. The lowest BCUT2D eigenvalue weighted by Gasteiger charge is -2.15. The van der Waals surface area contributed by atoms with Gasteiger partial charge in [-0.1, -0.05) is 17.7 Å². The molecule has 0 amide bonds. The van der Waals surface area contributed by atoms with Crippen molar-refractivity contribution >= 4 is 0 Å². The fourth-order valence-electron chi connectivity index (χ4n) is 1.33. The van der Waals surface area contributed by atoms with Gasteiger partial charge in [-0.15, -0.1) is 0 Å². The van der Waals surface area contributed by atoms with Crippen LogP contribution >= 0.6 is 0 Å². The molecule has 13 heavy (non-hydrogen) atoms. The van der Waals surface area contributed by atoms with E-state index in [0.29, 0.717) is 12.1 Å². The highest BCUT2D eigenvalue weighted by Crippen LogP contribution is 2.17. The van der Waals surface area contributed by atoms with Crippen LogP contribution in [-0.2, 0) is 0 Å². The van der Waals surface area contributed by atoms with E-state index in [0.717, 1.165) is 5.56 Å². The lowest BCUT2D eigenvalue weighted by atomic mass is 10.0. The first-order valence-electron chi connectivity index (χ1n) is 4.32. The number of nitrogens with one attached hydrogen (secondary N) is 1. The van der Waals surface area contributed by atoms with Gasteiger partial charge in [0.05, 0.1) is 0 Å². The molecule has 1 unspecified atom stereocenters. The fraction of sp³-hybridized carbons (Fsp3) is 0.400. The van der Waals surface area contributed by atoms with Gasteiger partial charge in [0.15, 0.2) is 0 Å². The van der Waals surface area contributed by atoms with Crippen LogP contribution in [0.1, 0.15) is 17.2 Å². The van der Waals surface area contributed by atoms with Crippen LogP contribution in [0.25, 0.3) is 0 Å². The van der Waals surface area contributed by atoms with Crippen molar-refractivity contribution in [1.29, 1.82) is 0 Å².